The van der Waals surface area contributed by atoms with Gasteiger partial charge >= 0.3 is 0 Å². The van der Waals surface area contributed by atoms with Crippen molar-refractivity contribution >= 4 is 17.8 Å². The van der Waals surface area contributed by atoms with Crippen LogP contribution in [0.15, 0.2) is 78.4 Å². The standard InChI is InChI=1S/C23H26N6O/c30-23(10-12-27-14-16-28(17-15-27)21-4-2-1-3-5-21)26-25-18-20-6-8-22(9-7-20)29-13-11-24-19-29/h1-9,11,13,18-19H,10,12,14-17H2,(H,26,30)/b25-18+. The van der Waals surface area contributed by atoms with Crippen LogP contribution in [0, 0.1) is 0 Å². The van der Waals surface area contributed by atoms with Gasteiger partial charge in [0, 0.05) is 62.9 Å². The summed E-state index contributed by atoms with van der Waals surface area (Å²) in [5.74, 6) is -0.0632. The minimum absolute atomic E-state index is 0.0632. The number of rotatable bonds is 7. The van der Waals surface area contributed by atoms with Gasteiger partial charge in [0.05, 0.1) is 12.5 Å². The van der Waals surface area contributed by atoms with E-state index in [2.05, 4.69) is 49.6 Å². The zero-order valence-corrected chi connectivity index (χ0v) is 16.9. The molecule has 1 saturated heterocycles. The van der Waals surface area contributed by atoms with Crippen molar-refractivity contribution in [1.82, 2.24) is 19.9 Å². The van der Waals surface area contributed by atoms with Crippen molar-refractivity contribution in [3.8, 4) is 5.69 Å². The Bertz CT molecular complexity index is 945. The van der Waals surface area contributed by atoms with Crippen molar-refractivity contribution in [3.63, 3.8) is 0 Å². The van der Waals surface area contributed by atoms with Gasteiger partial charge in [-0.15, -0.1) is 0 Å². The van der Waals surface area contributed by atoms with E-state index in [1.165, 1.54) is 5.69 Å². The zero-order chi connectivity index (χ0) is 20.6. The highest BCUT2D eigenvalue weighted by Gasteiger charge is 2.17. The molecule has 1 fully saturated rings. The second-order valence-corrected chi connectivity index (χ2v) is 7.27. The molecule has 0 aliphatic carbocycles. The lowest BCUT2D eigenvalue weighted by Gasteiger charge is -2.36. The number of carbonyl (C=O) groups excluding carboxylic acids is 1. The molecule has 0 radical (unpaired) electrons. The normalized spacial score (nSPS) is 14.9. The SMILES string of the molecule is O=C(CCN1CCN(c2ccccc2)CC1)N/N=C/c1ccc(-n2ccnc2)cc1. The van der Waals surface area contributed by atoms with Gasteiger partial charge in [0.2, 0.25) is 5.91 Å². The highest BCUT2D eigenvalue weighted by atomic mass is 16.2. The number of hydrogen-bond donors (Lipinski definition) is 1. The van der Waals surface area contributed by atoms with E-state index in [0.29, 0.717) is 6.42 Å². The maximum atomic E-state index is 12.1. The van der Waals surface area contributed by atoms with Crippen molar-refractivity contribution in [1.29, 1.82) is 0 Å². The van der Waals surface area contributed by atoms with E-state index in [4.69, 9.17) is 0 Å². The average Bonchev–Trinajstić information content (AvgIpc) is 3.34. The number of hydrazone groups is 1. The van der Waals surface area contributed by atoms with E-state index in [-0.39, 0.29) is 5.91 Å². The van der Waals surface area contributed by atoms with Gasteiger partial charge in [-0.05, 0) is 29.8 Å². The molecule has 2 heterocycles. The molecular weight excluding hydrogens is 376 g/mol. The van der Waals surface area contributed by atoms with E-state index in [1.807, 2.05) is 41.1 Å². The molecule has 7 nitrogen and oxygen atoms in total. The molecular formula is C23H26N6O. The molecule has 30 heavy (non-hydrogen) atoms. The summed E-state index contributed by atoms with van der Waals surface area (Å²) in [7, 11) is 0. The Morgan fingerprint density at radius 3 is 2.47 bits per heavy atom. The number of aromatic nitrogens is 2. The Labute approximate surface area is 176 Å². The summed E-state index contributed by atoms with van der Waals surface area (Å²) < 4.78 is 1.93. The number of nitrogens with one attached hydrogen (secondary N) is 1. The number of para-hydroxylation sites is 1. The number of carbonyl (C=O) groups is 1. The van der Waals surface area contributed by atoms with E-state index in [1.54, 1.807) is 18.7 Å². The fourth-order valence-corrected chi connectivity index (χ4v) is 3.51. The van der Waals surface area contributed by atoms with Gasteiger partial charge in [0.1, 0.15) is 0 Å². The number of hydrogen-bond acceptors (Lipinski definition) is 5. The van der Waals surface area contributed by atoms with Gasteiger partial charge in [0.15, 0.2) is 0 Å². The van der Waals surface area contributed by atoms with Crippen LogP contribution in [0.3, 0.4) is 0 Å². The third-order valence-corrected chi connectivity index (χ3v) is 5.25. The van der Waals surface area contributed by atoms with Gasteiger partial charge in [-0.3, -0.25) is 9.69 Å². The molecule has 1 aromatic heterocycles. The average molecular weight is 403 g/mol. The van der Waals surface area contributed by atoms with Gasteiger partial charge in [-0.1, -0.05) is 30.3 Å². The molecule has 2 aromatic carbocycles. The topological polar surface area (TPSA) is 65.8 Å². The van der Waals surface area contributed by atoms with Crippen LogP contribution in [-0.4, -0.2) is 59.3 Å². The third-order valence-electron chi connectivity index (χ3n) is 5.25. The van der Waals surface area contributed by atoms with Gasteiger partial charge in [0.25, 0.3) is 0 Å². The summed E-state index contributed by atoms with van der Waals surface area (Å²) >= 11 is 0. The smallest absolute Gasteiger partial charge is 0.241 e. The lowest BCUT2D eigenvalue weighted by Crippen LogP contribution is -2.47. The van der Waals surface area contributed by atoms with Crippen molar-refractivity contribution in [3.05, 3.63) is 78.9 Å². The minimum atomic E-state index is -0.0632. The van der Waals surface area contributed by atoms with Gasteiger partial charge in [-0.25, -0.2) is 10.4 Å². The zero-order valence-electron chi connectivity index (χ0n) is 16.9. The quantitative estimate of drug-likeness (QED) is 0.487. The number of imidazole rings is 1. The first-order valence-corrected chi connectivity index (χ1v) is 10.2. The number of anilines is 1. The van der Waals surface area contributed by atoms with Crippen molar-refractivity contribution in [2.75, 3.05) is 37.6 Å². The fourth-order valence-electron chi connectivity index (χ4n) is 3.51. The Hall–Kier alpha value is -3.45. The number of amides is 1. The molecule has 7 heteroatoms. The number of piperazine rings is 1. The molecule has 1 N–H and O–H groups in total. The monoisotopic (exact) mass is 402 g/mol. The fraction of sp³-hybridized carbons (Fsp3) is 0.261. The summed E-state index contributed by atoms with van der Waals surface area (Å²) in [6, 6.07) is 18.4. The molecule has 3 aromatic rings. The van der Waals surface area contributed by atoms with Crippen molar-refractivity contribution in [2.45, 2.75) is 6.42 Å². The van der Waals surface area contributed by atoms with Crippen LogP contribution < -0.4 is 10.3 Å². The maximum Gasteiger partial charge on any atom is 0.241 e. The molecule has 1 aliphatic heterocycles. The second kappa shape index (κ2) is 9.84. The first-order chi connectivity index (χ1) is 14.8. The molecule has 1 aliphatic rings. The number of benzene rings is 2. The molecule has 4 rings (SSSR count). The predicted octanol–water partition coefficient (Wildman–Crippen LogP) is 2.53. The largest absolute Gasteiger partial charge is 0.369 e. The van der Waals surface area contributed by atoms with Gasteiger partial charge < -0.3 is 9.47 Å². The predicted molar refractivity (Wildman–Crippen MR) is 119 cm³/mol. The van der Waals surface area contributed by atoms with E-state index < -0.39 is 0 Å². The summed E-state index contributed by atoms with van der Waals surface area (Å²) in [6.45, 7) is 4.66. The molecule has 0 bridgehead atoms. The molecule has 0 spiro atoms. The van der Waals surface area contributed by atoms with Crippen LogP contribution in [0.25, 0.3) is 5.69 Å². The van der Waals surface area contributed by atoms with Crippen LogP contribution in [-0.2, 0) is 4.79 Å². The summed E-state index contributed by atoms with van der Waals surface area (Å²) in [5, 5.41) is 4.08. The lowest BCUT2D eigenvalue weighted by molar-refractivity contribution is -0.121. The van der Waals surface area contributed by atoms with Crippen LogP contribution in [0.4, 0.5) is 5.69 Å². The van der Waals surface area contributed by atoms with Crippen LogP contribution in [0.5, 0.6) is 0 Å². The third kappa shape index (κ3) is 5.33. The first-order valence-electron chi connectivity index (χ1n) is 10.2. The summed E-state index contributed by atoms with van der Waals surface area (Å²) in [4.78, 5) is 20.9. The van der Waals surface area contributed by atoms with Crippen molar-refractivity contribution < 1.29 is 4.79 Å². The van der Waals surface area contributed by atoms with E-state index in [0.717, 1.165) is 44.0 Å². The Kier molecular flexibility index (Phi) is 6.51. The van der Waals surface area contributed by atoms with Crippen LogP contribution in [0.2, 0.25) is 0 Å². The molecule has 1 amide bonds. The minimum Gasteiger partial charge on any atom is -0.369 e. The van der Waals surface area contributed by atoms with Gasteiger partial charge in [-0.2, -0.15) is 5.10 Å². The van der Waals surface area contributed by atoms with E-state index >= 15 is 0 Å². The second-order valence-electron chi connectivity index (χ2n) is 7.27. The maximum absolute atomic E-state index is 12.1. The molecule has 0 unspecified atom stereocenters. The van der Waals surface area contributed by atoms with Crippen LogP contribution >= 0.6 is 0 Å². The van der Waals surface area contributed by atoms with Crippen molar-refractivity contribution in [2.24, 2.45) is 5.10 Å². The van der Waals surface area contributed by atoms with E-state index in [9.17, 15) is 4.79 Å². The molecule has 0 saturated carbocycles. The molecule has 154 valence electrons. The summed E-state index contributed by atoms with van der Waals surface area (Å²) in [5.41, 5.74) is 5.85. The first kappa shape index (κ1) is 19.8. The lowest BCUT2D eigenvalue weighted by atomic mass is 10.2. The van der Waals surface area contributed by atoms with Crippen LogP contribution in [0.1, 0.15) is 12.0 Å². The molecule has 0 atom stereocenters. The summed E-state index contributed by atoms with van der Waals surface area (Å²) in [6.07, 6.45) is 7.50. The Morgan fingerprint density at radius 1 is 1.00 bits per heavy atom. The highest BCUT2D eigenvalue weighted by Crippen LogP contribution is 2.15. The number of nitrogens with zero attached hydrogens (tertiary/aromatic N) is 5. The Morgan fingerprint density at radius 2 is 1.77 bits per heavy atom. The highest BCUT2D eigenvalue weighted by molar-refractivity contribution is 5.82. The Balaban J connectivity index is 1.17.